The molecule has 0 bridgehead atoms. The molecule has 0 aliphatic carbocycles. The molecule has 0 saturated carbocycles. The van der Waals surface area contributed by atoms with Crippen LogP contribution in [0.2, 0.25) is 0 Å². The quantitative estimate of drug-likeness (QED) is 0.695. The van der Waals surface area contributed by atoms with Crippen LogP contribution in [0.15, 0.2) is 0 Å². The first-order valence-electron chi connectivity index (χ1n) is 3.78. The SMILES string of the molecule is CCN(CC)CCC(Cl)(Cl)Cl.Cl. The molecule has 0 amide bonds. The lowest BCUT2D eigenvalue weighted by Crippen LogP contribution is -2.26. The largest absolute Gasteiger partial charge is 0.304 e. The van der Waals surface area contributed by atoms with Crippen molar-refractivity contribution in [2.75, 3.05) is 19.6 Å². The van der Waals surface area contributed by atoms with Gasteiger partial charge in [-0.25, -0.2) is 0 Å². The zero-order chi connectivity index (χ0) is 8.91. The van der Waals surface area contributed by atoms with E-state index in [-0.39, 0.29) is 12.4 Å². The van der Waals surface area contributed by atoms with Crippen molar-refractivity contribution in [1.82, 2.24) is 4.90 Å². The predicted octanol–water partition coefficient (Wildman–Crippen LogP) is 3.51. The lowest BCUT2D eigenvalue weighted by atomic mass is 10.4. The smallest absolute Gasteiger partial charge is 0.191 e. The van der Waals surface area contributed by atoms with Crippen LogP contribution in [0, 0.1) is 0 Å². The van der Waals surface area contributed by atoms with Gasteiger partial charge in [-0.3, -0.25) is 0 Å². The first-order valence-corrected chi connectivity index (χ1v) is 4.92. The van der Waals surface area contributed by atoms with Crippen molar-refractivity contribution >= 4 is 47.2 Å². The third kappa shape index (κ3) is 9.21. The van der Waals surface area contributed by atoms with Crippen molar-refractivity contribution in [2.24, 2.45) is 0 Å². The third-order valence-corrected chi connectivity index (χ3v) is 2.17. The van der Waals surface area contributed by atoms with Crippen LogP contribution in [0.3, 0.4) is 0 Å². The summed E-state index contributed by atoms with van der Waals surface area (Å²) in [4.78, 5) is 2.22. The topological polar surface area (TPSA) is 3.24 Å². The molecule has 0 aliphatic heterocycles. The summed E-state index contributed by atoms with van der Waals surface area (Å²) in [5.74, 6) is 0. The zero-order valence-corrected chi connectivity index (χ0v) is 10.4. The fourth-order valence-corrected chi connectivity index (χ4v) is 1.08. The van der Waals surface area contributed by atoms with Gasteiger partial charge in [0.1, 0.15) is 0 Å². The highest BCUT2D eigenvalue weighted by atomic mass is 35.6. The van der Waals surface area contributed by atoms with Crippen molar-refractivity contribution in [2.45, 2.75) is 24.1 Å². The standard InChI is InChI=1S/C7H14Cl3N.ClH/c1-3-11(4-2)6-5-7(8,9)10;/h3-6H2,1-2H3;1H. The maximum atomic E-state index is 5.60. The van der Waals surface area contributed by atoms with Crippen LogP contribution < -0.4 is 0 Å². The van der Waals surface area contributed by atoms with Gasteiger partial charge in [0.2, 0.25) is 0 Å². The van der Waals surface area contributed by atoms with Gasteiger partial charge in [-0.1, -0.05) is 48.7 Å². The Kier molecular flexibility index (Phi) is 9.76. The number of alkyl halides is 3. The highest BCUT2D eigenvalue weighted by Crippen LogP contribution is 2.29. The van der Waals surface area contributed by atoms with Crippen molar-refractivity contribution in [3.8, 4) is 0 Å². The Balaban J connectivity index is 0. The second kappa shape index (κ2) is 7.52. The molecule has 0 aromatic rings. The summed E-state index contributed by atoms with van der Waals surface area (Å²) in [6.45, 7) is 7.07. The second-order valence-corrected chi connectivity index (χ2v) is 4.91. The Hall–Kier alpha value is 1.12. The van der Waals surface area contributed by atoms with Gasteiger partial charge in [0.15, 0.2) is 3.79 Å². The van der Waals surface area contributed by atoms with Crippen molar-refractivity contribution < 1.29 is 0 Å². The molecule has 0 fully saturated rings. The third-order valence-electron chi connectivity index (χ3n) is 1.61. The van der Waals surface area contributed by atoms with Crippen LogP contribution in [0.4, 0.5) is 0 Å². The van der Waals surface area contributed by atoms with E-state index < -0.39 is 3.79 Å². The summed E-state index contributed by atoms with van der Waals surface area (Å²) in [5.41, 5.74) is 0. The molecule has 0 aliphatic rings. The molecule has 76 valence electrons. The molecule has 0 aromatic carbocycles. The first kappa shape index (κ1) is 15.6. The average molecular weight is 255 g/mol. The van der Waals surface area contributed by atoms with Crippen molar-refractivity contribution in [3.05, 3.63) is 0 Å². The molecule has 0 atom stereocenters. The molecule has 0 radical (unpaired) electrons. The summed E-state index contributed by atoms with van der Waals surface area (Å²) in [5, 5.41) is 0. The van der Waals surface area contributed by atoms with Gasteiger partial charge in [0.25, 0.3) is 0 Å². The van der Waals surface area contributed by atoms with Gasteiger partial charge >= 0.3 is 0 Å². The Morgan fingerprint density at radius 1 is 1.08 bits per heavy atom. The van der Waals surface area contributed by atoms with Gasteiger partial charge in [0, 0.05) is 13.0 Å². The van der Waals surface area contributed by atoms with Gasteiger partial charge in [0.05, 0.1) is 0 Å². The Morgan fingerprint density at radius 2 is 1.50 bits per heavy atom. The summed E-state index contributed by atoms with van der Waals surface area (Å²) in [6.07, 6.45) is 0.597. The minimum Gasteiger partial charge on any atom is -0.304 e. The van der Waals surface area contributed by atoms with E-state index >= 15 is 0 Å². The van der Waals surface area contributed by atoms with Crippen molar-refractivity contribution in [1.29, 1.82) is 0 Å². The molecular weight excluding hydrogens is 240 g/mol. The van der Waals surface area contributed by atoms with Crippen molar-refractivity contribution in [3.63, 3.8) is 0 Å². The lowest BCUT2D eigenvalue weighted by molar-refractivity contribution is 0.301. The maximum Gasteiger partial charge on any atom is 0.191 e. The fraction of sp³-hybridized carbons (Fsp3) is 1.00. The second-order valence-electron chi connectivity index (χ2n) is 2.39. The first-order chi connectivity index (χ1) is 4.99. The Bertz CT molecular complexity index is 98.1. The number of nitrogens with zero attached hydrogens (tertiary/aromatic N) is 1. The Morgan fingerprint density at radius 3 is 1.75 bits per heavy atom. The molecule has 5 heteroatoms. The summed E-state index contributed by atoms with van der Waals surface area (Å²) >= 11 is 16.8. The minimum atomic E-state index is -1.09. The predicted molar refractivity (Wildman–Crippen MR) is 59.9 cm³/mol. The van der Waals surface area contributed by atoms with Crippen LogP contribution in [-0.4, -0.2) is 28.3 Å². The fourth-order valence-electron chi connectivity index (χ4n) is 0.825. The molecule has 12 heavy (non-hydrogen) atoms. The zero-order valence-electron chi connectivity index (χ0n) is 7.32. The van der Waals surface area contributed by atoms with Gasteiger partial charge in [-0.2, -0.15) is 0 Å². The monoisotopic (exact) mass is 253 g/mol. The van der Waals surface area contributed by atoms with Crippen LogP contribution in [0.5, 0.6) is 0 Å². The maximum absolute atomic E-state index is 5.60. The number of hydrogen-bond donors (Lipinski definition) is 0. The normalized spacial score (nSPS) is 11.5. The Labute approximate surface area is 95.8 Å². The molecule has 0 N–H and O–H groups in total. The van der Waals surface area contributed by atoms with E-state index in [1.165, 1.54) is 0 Å². The van der Waals surface area contributed by atoms with E-state index in [0.29, 0.717) is 6.42 Å². The highest BCUT2D eigenvalue weighted by molar-refractivity contribution is 6.67. The molecule has 1 nitrogen and oxygen atoms in total. The molecule has 0 spiro atoms. The van der Waals surface area contributed by atoms with E-state index in [1.807, 2.05) is 0 Å². The van der Waals surface area contributed by atoms with E-state index in [4.69, 9.17) is 34.8 Å². The molecule has 0 heterocycles. The number of rotatable bonds is 4. The van der Waals surface area contributed by atoms with Crippen LogP contribution in [0.1, 0.15) is 20.3 Å². The van der Waals surface area contributed by atoms with Crippen LogP contribution in [-0.2, 0) is 0 Å². The van der Waals surface area contributed by atoms with Gasteiger partial charge in [-0.05, 0) is 13.1 Å². The summed E-state index contributed by atoms with van der Waals surface area (Å²) in [7, 11) is 0. The molecule has 0 aromatic heterocycles. The lowest BCUT2D eigenvalue weighted by Gasteiger charge is -2.20. The number of halogens is 4. The minimum absolute atomic E-state index is 0. The molecule has 0 unspecified atom stereocenters. The van der Waals surface area contributed by atoms with E-state index in [9.17, 15) is 0 Å². The highest BCUT2D eigenvalue weighted by Gasteiger charge is 2.19. The molecular formula is C7H15Cl4N. The van der Waals surface area contributed by atoms with E-state index in [1.54, 1.807) is 0 Å². The van der Waals surface area contributed by atoms with Crippen LogP contribution in [0.25, 0.3) is 0 Å². The summed E-state index contributed by atoms with van der Waals surface area (Å²) in [6, 6.07) is 0. The molecule has 0 saturated heterocycles. The van der Waals surface area contributed by atoms with Crippen LogP contribution >= 0.6 is 47.2 Å². The van der Waals surface area contributed by atoms with E-state index in [2.05, 4.69) is 18.7 Å². The summed E-state index contributed by atoms with van der Waals surface area (Å²) < 4.78 is -1.09. The average Bonchev–Trinajstić information content (AvgIpc) is 1.88. The van der Waals surface area contributed by atoms with E-state index in [0.717, 1.165) is 19.6 Å². The van der Waals surface area contributed by atoms with Gasteiger partial charge < -0.3 is 4.90 Å². The molecule has 0 rings (SSSR count). The van der Waals surface area contributed by atoms with Gasteiger partial charge in [-0.15, -0.1) is 12.4 Å². The number of hydrogen-bond acceptors (Lipinski definition) is 1.